The number of benzene rings is 2. The van der Waals surface area contributed by atoms with Gasteiger partial charge in [0.1, 0.15) is 0 Å². The second-order valence-corrected chi connectivity index (χ2v) is 6.82. The number of carbonyl (C=O) groups excluding carboxylic acids is 1. The summed E-state index contributed by atoms with van der Waals surface area (Å²) in [4.78, 5) is 11.9. The first-order chi connectivity index (χ1) is 11.5. The van der Waals surface area contributed by atoms with Crippen molar-refractivity contribution in [2.24, 2.45) is 0 Å². The molecule has 0 saturated heterocycles. The molecule has 0 bridgehead atoms. The van der Waals surface area contributed by atoms with Crippen molar-refractivity contribution in [3.63, 3.8) is 0 Å². The van der Waals surface area contributed by atoms with Crippen molar-refractivity contribution in [2.75, 3.05) is 5.32 Å². The van der Waals surface area contributed by atoms with Crippen LogP contribution >= 0.6 is 0 Å². The molecule has 6 heteroatoms. The van der Waals surface area contributed by atoms with Gasteiger partial charge in [0.2, 0.25) is 0 Å². The van der Waals surface area contributed by atoms with Gasteiger partial charge in [-0.2, -0.15) is 0 Å². The van der Waals surface area contributed by atoms with Crippen LogP contribution in [0.2, 0.25) is 0 Å². The van der Waals surface area contributed by atoms with E-state index in [2.05, 4.69) is 10.6 Å². The quantitative estimate of drug-likeness (QED) is 0.742. The molecule has 0 heterocycles. The third-order valence-corrected chi connectivity index (χ3v) is 4.43. The molecule has 128 valence electrons. The van der Waals surface area contributed by atoms with Crippen molar-refractivity contribution in [1.82, 2.24) is 5.32 Å². The summed E-state index contributed by atoms with van der Waals surface area (Å²) in [6, 6.07) is 11.6. The maximum absolute atomic E-state index is 14.2. The van der Waals surface area contributed by atoms with Gasteiger partial charge in [0.15, 0.2) is 0 Å². The topological polar surface area (TPSA) is 50.4 Å². The van der Waals surface area contributed by atoms with Crippen LogP contribution in [0.1, 0.15) is 26.7 Å². The molecule has 0 fully saturated rings. The predicted octanol–water partition coefficient (Wildman–Crippen LogP) is 3.19. The summed E-state index contributed by atoms with van der Waals surface area (Å²) < 4.78 is 21.0. The normalized spacial score (nSPS) is 10.5. The van der Waals surface area contributed by atoms with Gasteiger partial charge < -0.3 is 0 Å². The standard InChI is InChI=1S/C18H22AsFN2O2/c1-3-13(4-2)21-18(23)22-17-10-9-15(11-16(17)20)24-14-7-5-12(19)6-8-14/h5-11,13H,3-4,19H2,1-2H3,(H2,21,22,23). The summed E-state index contributed by atoms with van der Waals surface area (Å²) >= 11 is 1.53. The monoisotopic (exact) mass is 392 g/mol. The Labute approximate surface area is 150 Å². The maximum atomic E-state index is 14.2. The summed E-state index contributed by atoms with van der Waals surface area (Å²) in [5.74, 6) is 0.485. The minimum absolute atomic E-state index is 0.0820. The molecule has 1 atom stereocenters. The molecule has 0 aliphatic carbocycles. The molecule has 2 aromatic carbocycles. The average Bonchev–Trinajstić information content (AvgIpc) is 2.57. The van der Waals surface area contributed by atoms with Crippen LogP contribution < -0.4 is 19.7 Å². The first-order valence-electron chi connectivity index (χ1n) is 7.92. The fourth-order valence-corrected chi connectivity index (χ4v) is 2.57. The molecule has 2 N–H and O–H groups in total. The third-order valence-electron chi connectivity index (χ3n) is 3.63. The van der Waals surface area contributed by atoms with Crippen molar-refractivity contribution >= 4 is 32.9 Å². The zero-order valence-corrected chi connectivity index (χ0v) is 16.2. The van der Waals surface area contributed by atoms with Crippen LogP contribution in [-0.2, 0) is 0 Å². The fourth-order valence-electron chi connectivity index (χ4n) is 2.17. The van der Waals surface area contributed by atoms with Gasteiger partial charge in [0.05, 0.1) is 0 Å². The van der Waals surface area contributed by atoms with Crippen LogP contribution in [0.15, 0.2) is 42.5 Å². The van der Waals surface area contributed by atoms with Gasteiger partial charge >= 0.3 is 117 Å². The van der Waals surface area contributed by atoms with E-state index in [1.807, 2.05) is 38.1 Å². The average molecular weight is 392 g/mol. The Hall–Kier alpha value is -2.00. The SMILES string of the molecule is CCC(CC)NC(=O)Nc1ccc(Oc2ccc([AsH2])cc2)cc1F. The Bertz CT molecular complexity index is 688. The Kier molecular flexibility index (Phi) is 6.68. The van der Waals surface area contributed by atoms with Gasteiger partial charge in [-0.3, -0.25) is 0 Å². The second-order valence-electron chi connectivity index (χ2n) is 5.42. The third kappa shape index (κ3) is 5.27. The van der Waals surface area contributed by atoms with Gasteiger partial charge in [-0.05, 0) is 12.8 Å². The van der Waals surface area contributed by atoms with E-state index in [9.17, 15) is 9.18 Å². The van der Waals surface area contributed by atoms with E-state index in [1.54, 1.807) is 6.07 Å². The van der Waals surface area contributed by atoms with E-state index in [4.69, 9.17) is 4.74 Å². The Morgan fingerprint density at radius 1 is 1.12 bits per heavy atom. The van der Waals surface area contributed by atoms with Gasteiger partial charge in [-0.25, -0.2) is 0 Å². The minimum atomic E-state index is -0.539. The van der Waals surface area contributed by atoms with Gasteiger partial charge in [-0.15, -0.1) is 0 Å². The van der Waals surface area contributed by atoms with Gasteiger partial charge in [-0.1, -0.05) is 13.8 Å². The molecule has 4 nitrogen and oxygen atoms in total. The summed E-state index contributed by atoms with van der Waals surface area (Å²) in [5, 5.41) is 5.33. The summed E-state index contributed by atoms with van der Waals surface area (Å²) in [6.45, 7) is 3.99. The fraction of sp³-hybridized carbons (Fsp3) is 0.278. The number of hydrogen-bond donors (Lipinski definition) is 2. The first-order valence-corrected chi connectivity index (χ1v) is 9.13. The molecule has 0 aliphatic heterocycles. The molecule has 2 aromatic rings. The van der Waals surface area contributed by atoms with E-state index < -0.39 is 11.8 Å². The molecule has 2 rings (SSSR count). The van der Waals surface area contributed by atoms with Gasteiger partial charge in [0.25, 0.3) is 0 Å². The number of ether oxygens (including phenoxy) is 1. The molecule has 0 spiro atoms. The number of urea groups is 1. The molecule has 1 unspecified atom stereocenters. The van der Waals surface area contributed by atoms with Crippen LogP contribution in [0.5, 0.6) is 11.5 Å². The molecule has 0 aliphatic rings. The van der Waals surface area contributed by atoms with E-state index in [0.717, 1.165) is 12.8 Å². The molecule has 24 heavy (non-hydrogen) atoms. The molecule has 0 aromatic heterocycles. The van der Waals surface area contributed by atoms with E-state index in [0.29, 0.717) is 11.5 Å². The van der Waals surface area contributed by atoms with E-state index in [-0.39, 0.29) is 11.7 Å². The van der Waals surface area contributed by atoms with Crippen molar-refractivity contribution < 1.29 is 13.9 Å². The van der Waals surface area contributed by atoms with Gasteiger partial charge in [0, 0.05) is 6.04 Å². The van der Waals surface area contributed by atoms with Crippen LogP contribution in [0.25, 0.3) is 0 Å². The predicted molar refractivity (Wildman–Crippen MR) is 97.6 cm³/mol. The van der Waals surface area contributed by atoms with Crippen LogP contribution in [-0.4, -0.2) is 28.9 Å². The van der Waals surface area contributed by atoms with Crippen molar-refractivity contribution in [3.05, 3.63) is 48.3 Å². The van der Waals surface area contributed by atoms with Crippen LogP contribution in [0.3, 0.4) is 0 Å². The molecule has 2 amide bonds. The van der Waals surface area contributed by atoms with E-state index in [1.165, 1.54) is 33.3 Å². The first kappa shape index (κ1) is 18.3. The van der Waals surface area contributed by atoms with Crippen molar-refractivity contribution in [1.29, 1.82) is 0 Å². The Balaban J connectivity index is 2.01. The summed E-state index contributed by atoms with van der Waals surface area (Å²) in [6.07, 6.45) is 1.66. The molecular formula is C18H22AsFN2O2. The number of hydrogen-bond acceptors (Lipinski definition) is 2. The zero-order valence-electron chi connectivity index (χ0n) is 13.8. The molecular weight excluding hydrogens is 370 g/mol. The number of amides is 2. The number of nitrogens with one attached hydrogen (secondary N) is 2. The van der Waals surface area contributed by atoms with E-state index >= 15 is 0 Å². The number of carbonyl (C=O) groups is 1. The number of halogens is 1. The second kappa shape index (κ2) is 8.74. The Morgan fingerprint density at radius 2 is 1.75 bits per heavy atom. The number of anilines is 1. The summed E-state index contributed by atoms with van der Waals surface area (Å²) in [7, 11) is 0. The van der Waals surface area contributed by atoms with Crippen molar-refractivity contribution in [3.8, 4) is 11.5 Å². The molecule has 0 radical (unpaired) electrons. The number of rotatable bonds is 6. The Morgan fingerprint density at radius 3 is 2.33 bits per heavy atom. The van der Waals surface area contributed by atoms with Crippen LogP contribution in [0.4, 0.5) is 14.9 Å². The zero-order chi connectivity index (χ0) is 17.5. The molecule has 0 saturated carbocycles. The van der Waals surface area contributed by atoms with Crippen LogP contribution in [0, 0.1) is 5.82 Å². The van der Waals surface area contributed by atoms with Crippen molar-refractivity contribution in [2.45, 2.75) is 32.7 Å². The summed E-state index contributed by atoms with van der Waals surface area (Å²) in [5.41, 5.74) is 0.123.